The van der Waals surface area contributed by atoms with Crippen molar-refractivity contribution < 1.29 is 9.59 Å². The zero-order valence-electron chi connectivity index (χ0n) is 14.1. The predicted octanol–water partition coefficient (Wildman–Crippen LogP) is 0.750. The molecule has 2 rings (SSSR count). The second kappa shape index (κ2) is 7.96. The van der Waals surface area contributed by atoms with Crippen LogP contribution in [-0.2, 0) is 4.79 Å². The first-order valence-electron chi connectivity index (χ1n) is 8.07. The number of anilines is 1. The van der Waals surface area contributed by atoms with Crippen LogP contribution in [0.5, 0.6) is 0 Å². The average molecular weight is 322 g/mol. The van der Waals surface area contributed by atoms with Crippen LogP contribution >= 0.6 is 0 Å². The molecule has 8 heteroatoms. The van der Waals surface area contributed by atoms with Gasteiger partial charge in [0.15, 0.2) is 0 Å². The molecule has 0 unspecified atom stereocenters. The molecule has 0 aromatic carbocycles. The fourth-order valence-corrected chi connectivity index (χ4v) is 2.52. The van der Waals surface area contributed by atoms with Gasteiger partial charge in [0.1, 0.15) is 5.82 Å². The molecule has 0 bridgehead atoms. The quantitative estimate of drug-likeness (QED) is 0.838. The van der Waals surface area contributed by atoms with Gasteiger partial charge in [-0.2, -0.15) is 5.10 Å². The molecule has 1 aliphatic heterocycles. The molecule has 1 aromatic heterocycles. The molecule has 3 amide bonds. The summed E-state index contributed by atoms with van der Waals surface area (Å²) in [4.78, 5) is 27.6. The Kier molecular flexibility index (Phi) is 5.97. The molecule has 128 valence electrons. The lowest BCUT2D eigenvalue weighted by Crippen LogP contribution is -2.52. The molecule has 1 fully saturated rings. The van der Waals surface area contributed by atoms with Crippen LogP contribution in [0.25, 0.3) is 0 Å². The van der Waals surface area contributed by atoms with Crippen LogP contribution in [0.15, 0.2) is 12.3 Å². The van der Waals surface area contributed by atoms with Crippen LogP contribution in [0.2, 0.25) is 0 Å². The summed E-state index contributed by atoms with van der Waals surface area (Å²) in [6, 6.07) is 1.94. The summed E-state index contributed by atoms with van der Waals surface area (Å²) < 4.78 is 1.83. The van der Waals surface area contributed by atoms with Crippen LogP contribution < -0.4 is 10.6 Å². The highest BCUT2D eigenvalue weighted by atomic mass is 16.2. The van der Waals surface area contributed by atoms with Gasteiger partial charge in [0.25, 0.3) is 0 Å². The van der Waals surface area contributed by atoms with E-state index in [4.69, 9.17) is 0 Å². The van der Waals surface area contributed by atoms with Crippen LogP contribution in [0.4, 0.5) is 10.6 Å². The van der Waals surface area contributed by atoms with Gasteiger partial charge in [0.05, 0.1) is 18.8 Å². The predicted molar refractivity (Wildman–Crippen MR) is 88.3 cm³/mol. The largest absolute Gasteiger partial charge is 0.358 e. The first-order valence-corrected chi connectivity index (χ1v) is 8.07. The molecule has 2 N–H and O–H groups in total. The Labute approximate surface area is 136 Å². The number of nitrogens with one attached hydrogen (secondary N) is 2. The van der Waals surface area contributed by atoms with Gasteiger partial charge in [-0.1, -0.05) is 6.92 Å². The average Bonchev–Trinajstić information content (AvgIpc) is 3.02. The first kappa shape index (κ1) is 17.3. The monoisotopic (exact) mass is 322 g/mol. The maximum absolute atomic E-state index is 12.4. The third-order valence-electron chi connectivity index (χ3n) is 4.22. The summed E-state index contributed by atoms with van der Waals surface area (Å²) in [5.74, 6) is 0.720. The van der Waals surface area contributed by atoms with Crippen molar-refractivity contribution in [3.8, 4) is 0 Å². The number of hydrogen-bond donors (Lipinski definition) is 2. The van der Waals surface area contributed by atoms with Gasteiger partial charge < -0.3 is 10.2 Å². The normalized spacial score (nSPS) is 16.9. The van der Waals surface area contributed by atoms with E-state index in [0.717, 1.165) is 12.2 Å². The van der Waals surface area contributed by atoms with Crippen molar-refractivity contribution in [3.05, 3.63) is 12.3 Å². The highest BCUT2D eigenvalue weighted by Crippen LogP contribution is 2.17. The van der Waals surface area contributed by atoms with Crippen molar-refractivity contribution in [2.24, 2.45) is 0 Å². The smallest absolute Gasteiger partial charge is 0.323 e. The molecule has 0 radical (unpaired) electrons. The molecule has 0 aliphatic carbocycles. The Morgan fingerprint density at radius 2 is 2.00 bits per heavy atom. The minimum Gasteiger partial charge on any atom is -0.358 e. The van der Waals surface area contributed by atoms with E-state index in [2.05, 4.69) is 29.6 Å². The SMILES string of the molecule is CC[C@H](C)n1nccc1NC(=O)N1CCN(CC(=O)NC)CC1. The van der Waals surface area contributed by atoms with Crippen LogP contribution in [-0.4, -0.2) is 71.3 Å². The Hall–Kier alpha value is -2.09. The third-order valence-corrected chi connectivity index (χ3v) is 4.22. The van der Waals surface area contributed by atoms with Gasteiger partial charge in [0.2, 0.25) is 5.91 Å². The molecule has 0 saturated carbocycles. The summed E-state index contributed by atoms with van der Waals surface area (Å²) in [5, 5.41) is 9.82. The van der Waals surface area contributed by atoms with Gasteiger partial charge in [-0.05, 0) is 13.3 Å². The number of rotatable bonds is 5. The number of carbonyl (C=O) groups is 2. The van der Waals surface area contributed by atoms with Crippen molar-refractivity contribution >= 4 is 17.8 Å². The second-order valence-electron chi connectivity index (χ2n) is 5.78. The number of piperazine rings is 1. The summed E-state index contributed by atoms with van der Waals surface area (Å²) in [5.41, 5.74) is 0. The number of carbonyl (C=O) groups excluding carboxylic acids is 2. The van der Waals surface area contributed by atoms with E-state index in [-0.39, 0.29) is 18.0 Å². The van der Waals surface area contributed by atoms with E-state index in [1.807, 2.05) is 15.6 Å². The van der Waals surface area contributed by atoms with E-state index in [0.29, 0.717) is 32.7 Å². The fourth-order valence-electron chi connectivity index (χ4n) is 2.52. The summed E-state index contributed by atoms with van der Waals surface area (Å²) in [6.07, 6.45) is 2.64. The fraction of sp³-hybridized carbons (Fsp3) is 0.667. The molecule has 1 saturated heterocycles. The van der Waals surface area contributed by atoms with E-state index in [9.17, 15) is 9.59 Å². The molecule has 0 spiro atoms. The molecule has 23 heavy (non-hydrogen) atoms. The number of amides is 3. The summed E-state index contributed by atoms with van der Waals surface area (Å²) in [6.45, 7) is 7.16. The Bertz CT molecular complexity index is 536. The molecule has 8 nitrogen and oxygen atoms in total. The Balaban J connectivity index is 1.86. The second-order valence-corrected chi connectivity index (χ2v) is 5.78. The standard InChI is InChI=1S/C15H26N6O2/c1-4-12(2)21-13(5-6-17-21)18-15(23)20-9-7-19(8-10-20)11-14(22)16-3/h5-6,12H,4,7-11H2,1-3H3,(H,16,22)(H,18,23)/t12-/m0/s1. The van der Waals surface area contributed by atoms with Crippen LogP contribution in [0.3, 0.4) is 0 Å². The van der Waals surface area contributed by atoms with Crippen LogP contribution in [0.1, 0.15) is 26.3 Å². The molecular formula is C15H26N6O2. The lowest BCUT2D eigenvalue weighted by Gasteiger charge is -2.34. The maximum Gasteiger partial charge on any atom is 0.323 e. The van der Waals surface area contributed by atoms with Crippen LogP contribution in [0, 0.1) is 0 Å². The Morgan fingerprint density at radius 1 is 1.30 bits per heavy atom. The molecular weight excluding hydrogens is 296 g/mol. The topological polar surface area (TPSA) is 82.5 Å². The van der Waals surface area contributed by atoms with Gasteiger partial charge in [-0.25, -0.2) is 9.48 Å². The minimum atomic E-state index is -0.116. The summed E-state index contributed by atoms with van der Waals surface area (Å²) in [7, 11) is 1.63. The number of urea groups is 1. The van der Waals surface area contributed by atoms with Gasteiger partial charge in [-0.15, -0.1) is 0 Å². The van der Waals surface area contributed by atoms with Gasteiger partial charge in [0, 0.05) is 39.3 Å². The zero-order valence-corrected chi connectivity index (χ0v) is 14.1. The van der Waals surface area contributed by atoms with Crippen molar-refractivity contribution in [2.75, 3.05) is 45.1 Å². The number of likely N-dealkylation sites (N-methyl/N-ethyl adjacent to an activating group) is 1. The molecule has 2 heterocycles. The number of hydrogen-bond acceptors (Lipinski definition) is 4. The van der Waals surface area contributed by atoms with Crippen molar-refractivity contribution in [2.45, 2.75) is 26.3 Å². The first-order chi connectivity index (χ1) is 11.0. The van der Waals surface area contributed by atoms with E-state index < -0.39 is 0 Å². The Morgan fingerprint density at radius 3 is 2.61 bits per heavy atom. The minimum absolute atomic E-state index is 0.000330. The lowest BCUT2D eigenvalue weighted by atomic mass is 10.3. The molecule has 1 atom stereocenters. The lowest BCUT2D eigenvalue weighted by molar-refractivity contribution is -0.122. The maximum atomic E-state index is 12.4. The third kappa shape index (κ3) is 4.44. The molecule has 1 aromatic rings. The van der Waals surface area contributed by atoms with Gasteiger partial charge >= 0.3 is 6.03 Å². The highest BCUT2D eigenvalue weighted by molar-refractivity contribution is 5.88. The number of nitrogens with zero attached hydrogens (tertiary/aromatic N) is 4. The molecule has 1 aliphatic rings. The van der Waals surface area contributed by atoms with Crippen molar-refractivity contribution in [1.29, 1.82) is 0 Å². The van der Waals surface area contributed by atoms with Crippen molar-refractivity contribution in [3.63, 3.8) is 0 Å². The van der Waals surface area contributed by atoms with Crippen molar-refractivity contribution in [1.82, 2.24) is 24.9 Å². The van der Waals surface area contributed by atoms with E-state index in [1.165, 1.54) is 0 Å². The zero-order chi connectivity index (χ0) is 16.8. The van der Waals surface area contributed by atoms with E-state index >= 15 is 0 Å². The summed E-state index contributed by atoms with van der Waals surface area (Å²) >= 11 is 0. The number of aromatic nitrogens is 2. The van der Waals surface area contributed by atoms with E-state index in [1.54, 1.807) is 18.1 Å². The van der Waals surface area contributed by atoms with Gasteiger partial charge in [-0.3, -0.25) is 15.0 Å². The highest BCUT2D eigenvalue weighted by Gasteiger charge is 2.23.